The number of nitrogens with one attached hydrogen (secondary N) is 2. The Morgan fingerprint density at radius 3 is 2.11 bits per heavy atom. The van der Waals surface area contributed by atoms with E-state index in [9.17, 15) is 0 Å². The molecule has 0 aliphatic carbocycles. The number of benzene rings is 1. The summed E-state index contributed by atoms with van der Waals surface area (Å²) in [4.78, 5) is 0. The normalized spacial score (nSPS) is 10.4. The zero-order valence-corrected chi connectivity index (χ0v) is 11.8. The van der Waals surface area contributed by atoms with Crippen LogP contribution in [0.15, 0.2) is 24.3 Å². The number of likely N-dealkylation sites (N-methyl/N-ethyl adjacent to an activating group) is 1. The Balaban J connectivity index is 1.95. The van der Waals surface area contributed by atoms with Gasteiger partial charge >= 0.3 is 0 Å². The summed E-state index contributed by atoms with van der Waals surface area (Å²) in [5.41, 5.74) is 1.07. The van der Waals surface area contributed by atoms with Crippen molar-refractivity contribution in [3.8, 4) is 5.75 Å². The van der Waals surface area contributed by atoms with Crippen molar-refractivity contribution in [1.29, 1.82) is 0 Å². The van der Waals surface area contributed by atoms with Crippen LogP contribution in [-0.2, 0) is 9.47 Å². The molecule has 1 aromatic rings. The lowest BCUT2D eigenvalue weighted by Gasteiger charge is -2.08. The van der Waals surface area contributed by atoms with E-state index in [1.807, 2.05) is 38.4 Å². The minimum atomic E-state index is 0.551. The van der Waals surface area contributed by atoms with Gasteiger partial charge in [0.05, 0.1) is 26.4 Å². The molecule has 0 aliphatic rings. The quantitative estimate of drug-likeness (QED) is 0.594. The summed E-state index contributed by atoms with van der Waals surface area (Å²) in [5, 5.41) is 6.08. The molecule has 0 bridgehead atoms. The zero-order valence-electron chi connectivity index (χ0n) is 11.8. The third-order valence-corrected chi connectivity index (χ3v) is 2.51. The number of hydrogen-bond donors (Lipinski definition) is 2. The number of anilines is 1. The lowest BCUT2D eigenvalue weighted by molar-refractivity contribution is 0.0376. The molecule has 0 aliphatic heterocycles. The largest absolute Gasteiger partial charge is 0.491 e. The van der Waals surface area contributed by atoms with Crippen molar-refractivity contribution in [2.45, 2.75) is 0 Å². The lowest BCUT2D eigenvalue weighted by Crippen LogP contribution is -2.17. The SMILES string of the molecule is CNCCOCCOCCOc1ccc(NC)cc1. The lowest BCUT2D eigenvalue weighted by atomic mass is 10.3. The third kappa shape index (κ3) is 7.66. The minimum Gasteiger partial charge on any atom is -0.491 e. The average Bonchev–Trinajstić information content (AvgIpc) is 2.46. The first-order chi connectivity index (χ1) is 9.36. The van der Waals surface area contributed by atoms with Gasteiger partial charge in [-0.05, 0) is 31.3 Å². The molecule has 0 radical (unpaired) electrons. The van der Waals surface area contributed by atoms with E-state index in [1.54, 1.807) is 0 Å². The molecule has 5 nitrogen and oxygen atoms in total. The summed E-state index contributed by atoms with van der Waals surface area (Å²) >= 11 is 0. The molecule has 0 unspecified atom stereocenters. The molecule has 2 N–H and O–H groups in total. The van der Waals surface area contributed by atoms with Crippen LogP contribution < -0.4 is 15.4 Å². The molecule has 5 heteroatoms. The highest BCUT2D eigenvalue weighted by Gasteiger charge is 1.95. The van der Waals surface area contributed by atoms with Crippen molar-refractivity contribution in [2.24, 2.45) is 0 Å². The smallest absolute Gasteiger partial charge is 0.119 e. The third-order valence-electron chi connectivity index (χ3n) is 2.51. The van der Waals surface area contributed by atoms with E-state index in [0.717, 1.165) is 18.0 Å². The van der Waals surface area contributed by atoms with Crippen LogP contribution in [0.3, 0.4) is 0 Å². The Labute approximate surface area is 115 Å². The summed E-state index contributed by atoms with van der Waals surface area (Å²) in [7, 11) is 3.79. The first-order valence-electron chi connectivity index (χ1n) is 6.57. The van der Waals surface area contributed by atoms with Crippen molar-refractivity contribution in [3.05, 3.63) is 24.3 Å². The maximum Gasteiger partial charge on any atom is 0.119 e. The molecule has 0 atom stereocenters. The number of rotatable bonds is 11. The van der Waals surface area contributed by atoms with Gasteiger partial charge in [-0.2, -0.15) is 0 Å². The van der Waals surface area contributed by atoms with Crippen LogP contribution >= 0.6 is 0 Å². The maximum atomic E-state index is 5.55. The number of ether oxygens (including phenoxy) is 3. The van der Waals surface area contributed by atoms with E-state index in [0.29, 0.717) is 33.0 Å². The summed E-state index contributed by atoms with van der Waals surface area (Å²) in [6.45, 7) is 3.93. The van der Waals surface area contributed by atoms with Gasteiger partial charge in [-0.25, -0.2) is 0 Å². The molecule has 108 valence electrons. The fourth-order valence-corrected chi connectivity index (χ4v) is 1.43. The summed E-state index contributed by atoms with van der Waals surface area (Å²) in [5.74, 6) is 0.855. The van der Waals surface area contributed by atoms with E-state index < -0.39 is 0 Å². The van der Waals surface area contributed by atoms with Gasteiger partial charge in [0.15, 0.2) is 0 Å². The van der Waals surface area contributed by atoms with E-state index in [1.165, 1.54) is 0 Å². The fraction of sp³-hybridized carbons (Fsp3) is 0.571. The fourth-order valence-electron chi connectivity index (χ4n) is 1.43. The van der Waals surface area contributed by atoms with Crippen LogP contribution in [-0.4, -0.2) is 53.7 Å². The van der Waals surface area contributed by atoms with Gasteiger partial charge in [0.1, 0.15) is 12.4 Å². The van der Waals surface area contributed by atoms with Gasteiger partial charge in [-0.15, -0.1) is 0 Å². The predicted octanol–water partition coefficient (Wildman–Crippen LogP) is 1.36. The molecule has 0 saturated carbocycles. The van der Waals surface area contributed by atoms with Crippen molar-refractivity contribution in [3.63, 3.8) is 0 Å². The van der Waals surface area contributed by atoms with Crippen LogP contribution in [0.1, 0.15) is 0 Å². The Morgan fingerprint density at radius 2 is 1.47 bits per heavy atom. The van der Waals surface area contributed by atoms with E-state index in [2.05, 4.69) is 10.6 Å². The molecule has 19 heavy (non-hydrogen) atoms. The zero-order chi connectivity index (χ0) is 13.8. The highest BCUT2D eigenvalue weighted by Crippen LogP contribution is 2.14. The Hall–Kier alpha value is -1.30. The second-order valence-electron chi connectivity index (χ2n) is 3.95. The van der Waals surface area contributed by atoms with Gasteiger partial charge in [0.25, 0.3) is 0 Å². The molecule has 0 amide bonds. The van der Waals surface area contributed by atoms with Crippen molar-refractivity contribution >= 4 is 5.69 Å². The van der Waals surface area contributed by atoms with Gasteiger partial charge in [0.2, 0.25) is 0 Å². The van der Waals surface area contributed by atoms with Crippen molar-refractivity contribution < 1.29 is 14.2 Å². The monoisotopic (exact) mass is 268 g/mol. The average molecular weight is 268 g/mol. The molecule has 0 aromatic heterocycles. The topological polar surface area (TPSA) is 51.8 Å². The van der Waals surface area contributed by atoms with Gasteiger partial charge in [-0.1, -0.05) is 0 Å². The van der Waals surface area contributed by atoms with Crippen LogP contribution in [0.25, 0.3) is 0 Å². The number of hydrogen-bond acceptors (Lipinski definition) is 5. The second-order valence-corrected chi connectivity index (χ2v) is 3.95. The summed E-state index contributed by atoms with van der Waals surface area (Å²) < 4.78 is 16.3. The Kier molecular flexibility index (Phi) is 8.80. The highest BCUT2D eigenvalue weighted by molar-refractivity contribution is 5.45. The summed E-state index contributed by atoms with van der Waals surface area (Å²) in [6, 6.07) is 7.83. The standard InChI is InChI=1S/C14H24N2O3/c1-15-7-8-17-9-10-18-11-12-19-14-5-3-13(16-2)4-6-14/h3-6,15-16H,7-12H2,1-2H3. The van der Waals surface area contributed by atoms with Gasteiger partial charge < -0.3 is 24.8 Å². The van der Waals surface area contributed by atoms with Crippen LogP contribution in [0, 0.1) is 0 Å². The van der Waals surface area contributed by atoms with Crippen LogP contribution in [0.5, 0.6) is 5.75 Å². The first kappa shape index (κ1) is 15.8. The van der Waals surface area contributed by atoms with E-state index >= 15 is 0 Å². The molecule has 1 aromatic carbocycles. The molecule has 1 rings (SSSR count). The van der Waals surface area contributed by atoms with E-state index in [4.69, 9.17) is 14.2 Å². The van der Waals surface area contributed by atoms with Crippen molar-refractivity contribution in [2.75, 3.05) is 59.0 Å². The molecule has 0 fully saturated rings. The summed E-state index contributed by atoms with van der Waals surface area (Å²) in [6.07, 6.45) is 0. The van der Waals surface area contributed by atoms with Crippen LogP contribution in [0.4, 0.5) is 5.69 Å². The van der Waals surface area contributed by atoms with Crippen LogP contribution in [0.2, 0.25) is 0 Å². The Bertz CT molecular complexity index is 317. The molecule has 0 saturated heterocycles. The highest BCUT2D eigenvalue weighted by atomic mass is 16.5. The Morgan fingerprint density at radius 1 is 0.842 bits per heavy atom. The van der Waals surface area contributed by atoms with Crippen molar-refractivity contribution in [1.82, 2.24) is 5.32 Å². The molecule has 0 heterocycles. The minimum absolute atomic E-state index is 0.551. The van der Waals surface area contributed by atoms with Gasteiger partial charge in [-0.3, -0.25) is 0 Å². The predicted molar refractivity (Wildman–Crippen MR) is 77.0 cm³/mol. The maximum absolute atomic E-state index is 5.55. The van der Waals surface area contributed by atoms with Gasteiger partial charge in [0, 0.05) is 19.3 Å². The molecular weight excluding hydrogens is 244 g/mol. The molecule has 0 spiro atoms. The van der Waals surface area contributed by atoms with E-state index in [-0.39, 0.29) is 0 Å². The second kappa shape index (κ2) is 10.6. The first-order valence-corrected chi connectivity index (χ1v) is 6.57. The molecular formula is C14H24N2O3.